The Morgan fingerprint density at radius 3 is 2.56 bits per heavy atom. The Balaban J connectivity index is 1.82. The summed E-state index contributed by atoms with van der Waals surface area (Å²) in [4.78, 5) is 26.4. The Bertz CT molecular complexity index is 861. The van der Waals surface area contributed by atoms with Gasteiger partial charge in [-0.3, -0.25) is 14.5 Å². The largest absolute Gasteiger partial charge is 0.496 e. The van der Waals surface area contributed by atoms with E-state index in [4.69, 9.17) is 16.3 Å². The maximum Gasteiger partial charge on any atom is 0.293 e. The van der Waals surface area contributed by atoms with Crippen LogP contribution in [0, 0.1) is 6.92 Å². The number of carbonyl (C=O) groups is 2. The first-order chi connectivity index (χ1) is 12.0. The van der Waals surface area contributed by atoms with Crippen molar-refractivity contribution >= 4 is 40.6 Å². The molecule has 1 saturated heterocycles. The zero-order valence-corrected chi connectivity index (χ0v) is 15.4. The van der Waals surface area contributed by atoms with Crippen LogP contribution in [0.15, 0.2) is 47.4 Å². The number of hydrogen-bond donors (Lipinski definition) is 0. The van der Waals surface area contributed by atoms with Crippen LogP contribution in [0.2, 0.25) is 5.02 Å². The minimum atomic E-state index is -0.288. The van der Waals surface area contributed by atoms with Crippen LogP contribution in [0.3, 0.4) is 0 Å². The van der Waals surface area contributed by atoms with Crippen LogP contribution < -0.4 is 4.74 Å². The normalized spacial score (nSPS) is 16.0. The van der Waals surface area contributed by atoms with E-state index in [1.54, 1.807) is 37.5 Å². The maximum atomic E-state index is 12.6. The quantitative estimate of drug-likeness (QED) is 0.715. The second-order valence-electron chi connectivity index (χ2n) is 5.62. The number of carbonyl (C=O) groups excluding carboxylic acids is 2. The number of aryl methyl sites for hydroxylation is 1. The summed E-state index contributed by atoms with van der Waals surface area (Å²) in [5, 5.41) is 0.344. The fourth-order valence-corrected chi connectivity index (χ4v) is 3.45. The van der Waals surface area contributed by atoms with E-state index < -0.39 is 0 Å². The van der Waals surface area contributed by atoms with E-state index in [2.05, 4.69) is 0 Å². The van der Waals surface area contributed by atoms with Gasteiger partial charge >= 0.3 is 0 Å². The summed E-state index contributed by atoms with van der Waals surface area (Å²) < 4.78 is 5.30. The zero-order valence-electron chi connectivity index (χ0n) is 13.8. The first-order valence-corrected chi connectivity index (χ1v) is 8.82. The molecule has 1 heterocycles. The molecule has 2 aromatic rings. The van der Waals surface area contributed by atoms with Crippen molar-refractivity contribution in [2.75, 3.05) is 7.11 Å². The Kier molecular flexibility index (Phi) is 5.16. The summed E-state index contributed by atoms with van der Waals surface area (Å²) in [5.74, 6) is 0.457. The third-order valence-corrected chi connectivity index (χ3v) is 5.02. The van der Waals surface area contributed by atoms with Crippen molar-refractivity contribution < 1.29 is 14.3 Å². The van der Waals surface area contributed by atoms with E-state index in [0.29, 0.717) is 9.93 Å². The first-order valence-electron chi connectivity index (χ1n) is 7.62. The van der Waals surface area contributed by atoms with Crippen LogP contribution in [-0.4, -0.2) is 23.2 Å². The predicted octanol–water partition coefficient (Wildman–Crippen LogP) is 4.89. The zero-order chi connectivity index (χ0) is 18.0. The lowest BCUT2D eigenvalue weighted by Crippen LogP contribution is -2.27. The van der Waals surface area contributed by atoms with Crippen molar-refractivity contribution in [1.29, 1.82) is 0 Å². The number of imide groups is 1. The monoisotopic (exact) mass is 373 g/mol. The number of hydrogen-bond acceptors (Lipinski definition) is 4. The number of nitrogens with zero attached hydrogens (tertiary/aromatic N) is 1. The van der Waals surface area contributed by atoms with Gasteiger partial charge in [0.05, 0.1) is 18.6 Å². The average Bonchev–Trinajstić information content (AvgIpc) is 2.86. The highest BCUT2D eigenvalue weighted by Crippen LogP contribution is 2.34. The van der Waals surface area contributed by atoms with Gasteiger partial charge in [-0.15, -0.1) is 0 Å². The molecule has 2 aromatic carbocycles. The second-order valence-corrected chi connectivity index (χ2v) is 7.05. The van der Waals surface area contributed by atoms with Crippen LogP contribution in [0.5, 0.6) is 5.75 Å². The summed E-state index contributed by atoms with van der Waals surface area (Å²) in [6.07, 6.45) is 1.72. The molecule has 2 amide bonds. The van der Waals surface area contributed by atoms with Crippen molar-refractivity contribution in [2.24, 2.45) is 0 Å². The van der Waals surface area contributed by atoms with Gasteiger partial charge in [0.25, 0.3) is 11.1 Å². The van der Waals surface area contributed by atoms with E-state index in [9.17, 15) is 9.59 Å². The van der Waals surface area contributed by atoms with Crippen molar-refractivity contribution in [3.63, 3.8) is 0 Å². The molecule has 1 aliphatic heterocycles. The molecule has 0 bridgehead atoms. The average molecular weight is 374 g/mol. The molecule has 128 valence electrons. The number of thioether (sulfide) groups is 1. The highest BCUT2D eigenvalue weighted by Gasteiger charge is 2.34. The number of rotatable bonds is 4. The minimum absolute atomic E-state index is 0.233. The summed E-state index contributed by atoms with van der Waals surface area (Å²) in [5.41, 5.74) is 2.68. The van der Waals surface area contributed by atoms with E-state index in [0.717, 1.165) is 34.2 Å². The molecule has 0 saturated carbocycles. The van der Waals surface area contributed by atoms with Crippen molar-refractivity contribution in [3.05, 3.63) is 69.1 Å². The minimum Gasteiger partial charge on any atom is -0.496 e. The molecule has 3 rings (SSSR count). The Labute approximate surface area is 155 Å². The number of halogens is 1. The lowest BCUT2D eigenvalue weighted by atomic mass is 10.1. The molecule has 1 aliphatic rings. The molecule has 0 atom stereocenters. The molecular weight excluding hydrogens is 358 g/mol. The van der Waals surface area contributed by atoms with E-state index in [-0.39, 0.29) is 17.7 Å². The van der Waals surface area contributed by atoms with Crippen LogP contribution in [0.1, 0.15) is 16.7 Å². The van der Waals surface area contributed by atoms with Crippen molar-refractivity contribution in [3.8, 4) is 5.75 Å². The van der Waals surface area contributed by atoms with Gasteiger partial charge in [-0.25, -0.2) is 0 Å². The molecule has 0 radical (unpaired) electrons. The van der Waals surface area contributed by atoms with Gasteiger partial charge in [0, 0.05) is 5.02 Å². The van der Waals surface area contributed by atoms with E-state index >= 15 is 0 Å². The Morgan fingerprint density at radius 1 is 1.16 bits per heavy atom. The molecule has 25 heavy (non-hydrogen) atoms. The SMILES string of the molecule is COc1cc(/C=C2\SC(=O)N(Cc3ccc(Cl)cc3)C2=O)ccc1C. The van der Waals surface area contributed by atoms with Crippen LogP contribution in [-0.2, 0) is 11.3 Å². The third kappa shape index (κ3) is 3.89. The van der Waals surface area contributed by atoms with Gasteiger partial charge in [-0.1, -0.05) is 35.9 Å². The lowest BCUT2D eigenvalue weighted by Gasteiger charge is -2.12. The number of ether oxygens (including phenoxy) is 1. The van der Waals surface area contributed by atoms with Gasteiger partial charge in [-0.05, 0) is 59.7 Å². The number of amides is 2. The van der Waals surface area contributed by atoms with Crippen molar-refractivity contribution in [2.45, 2.75) is 13.5 Å². The summed E-state index contributed by atoms with van der Waals surface area (Å²) >= 11 is 6.81. The maximum absolute atomic E-state index is 12.6. The van der Waals surface area contributed by atoms with Crippen LogP contribution in [0.4, 0.5) is 4.79 Å². The number of benzene rings is 2. The summed E-state index contributed by atoms with van der Waals surface area (Å²) in [6, 6.07) is 12.8. The third-order valence-electron chi connectivity index (χ3n) is 3.86. The number of methoxy groups -OCH3 is 1. The van der Waals surface area contributed by atoms with Gasteiger partial charge in [0.1, 0.15) is 5.75 Å². The molecule has 0 unspecified atom stereocenters. The summed E-state index contributed by atoms with van der Waals surface area (Å²) in [7, 11) is 1.60. The van der Waals surface area contributed by atoms with E-state index in [1.807, 2.05) is 25.1 Å². The molecular formula is C19H16ClNO3S. The summed E-state index contributed by atoms with van der Waals surface area (Å²) in [6.45, 7) is 2.18. The topological polar surface area (TPSA) is 46.6 Å². The molecule has 0 spiro atoms. The Morgan fingerprint density at radius 2 is 1.88 bits per heavy atom. The van der Waals surface area contributed by atoms with Crippen LogP contribution >= 0.6 is 23.4 Å². The van der Waals surface area contributed by atoms with Crippen LogP contribution in [0.25, 0.3) is 6.08 Å². The molecule has 0 aliphatic carbocycles. The molecule has 0 aromatic heterocycles. The van der Waals surface area contributed by atoms with E-state index in [1.165, 1.54) is 4.90 Å². The highest BCUT2D eigenvalue weighted by atomic mass is 35.5. The van der Waals surface area contributed by atoms with Gasteiger partial charge in [-0.2, -0.15) is 0 Å². The van der Waals surface area contributed by atoms with Gasteiger partial charge in [0.2, 0.25) is 0 Å². The predicted molar refractivity (Wildman–Crippen MR) is 101 cm³/mol. The van der Waals surface area contributed by atoms with Crippen molar-refractivity contribution in [1.82, 2.24) is 4.90 Å². The highest BCUT2D eigenvalue weighted by molar-refractivity contribution is 8.18. The smallest absolute Gasteiger partial charge is 0.293 e. The fraction of sp³-hybridized carbons (Fsp3) is 0.158. The van der Waals surface area contributed by atoms with Gasteiger partial charge < -0.3 is 4.74 Å². The first kappa shape index (κ1) is 17.6. The second kappa shape index (κ2) is 7.33. The lowest BCUT2D eigenvalue weighted by molar-refractivity contribution is -0.123. The van der Waals surface area contributed by atoms with Gasteiger partial charge in [0.15, 0.2) is 0 Å². The Hall–Kier alpha value is -2.24. The molecule has 4 nitrogen and oxygen atoms in total. The molecule has 1 fully saturated rings. The molecule has 0 N–H and O–H groups in total. The fourth-order valence-electron chi connectivity index (χ4n) is 2.49. The standard InChI is InChI=1S/C19H16ClNO3S/c1-12-3-4-14(9-16(12)24-2)10-17-18(22)21(19(23)25-17)11-13-5-7-15(20)8-6-13/h3-10H,11H2,1-2H3/b17-10-. The molecule has 6 heteroatoms.